The molecule has 98 valence electrons. The number of likely N-dealkylation sites (N-methyl/N-ethyl adjacent to an activating group) is 1. The summed E-state index contributed by atoms with van der Waals surface area (Å²) in [6.45, 7) is 4.36. The van der Waals surface area contributed by atoms with Gasteiger partial charge in [-0.25, -0.2) is 9.97 Å². The molecule has 1 aliphatic rings. The van der Waals surface area contributed by atoms with Crippen molar-refractivity contribution in [3.63, 3.8) is 0 Å². The van der Waals surface area contributed by atoms with Crippen molar-refractivity contribution in [3.8, 4) is 0 Å². The molecule has 2 unspecified atom stereocenters. The predicted octanol–water partition coefficient (Wildman–Crippen LogP) is -0.283. The fourth-order valence-corrected chi connectivity index (χ4v) is 2.01. The average Bonchev–Trinajstić information content (AvgIpc) is 2.86. The summed E-state index contributed by atoms with van der Waals surface area (Å²) in [5.74, 6) is -0.108. The molecule has 0 bridgehead atoms. The Morgan fingerprint density at radius 2 is 2.44 bits per heavy atom. The predicted molar refractivity (Wildman–Crippen MR) is 65.7 cm³/mol. The second-order valence-corrected chi connectivity index (χ2v) is 4.23. The molecule has 6 nitrogen and oxygen atoms in total. The molecule has 6 heteroatoms. The first-order chi connectivity index (χ1) is 8.81. The van der Waals surface area contributed by atoms with Gasteiger partial charge in [0, 0.05) is 12.2 Å². The molecule has 1 aromatic rings. The van der Waals surface area contributed by atoms with E-state index in [4.69, 9.17) is 4.74 Å². The van der Waals surface area contributed by atoms with Crippen LogP contribution in [-0.4, -0.2) is 41.7 Å². The largest absolute Gasteiger partial charge is 0.379 e. The van der Waals surface area contributed by atoms with Gasteiger partial charge in [-0.15, -0.1) is 0 Å². The molecule has 2 rings (SSSR count). The van der Waals surface area contributed by atoms with Gasteiger partial charge in [-0.3, -0.25) is 4.79 Å². The summed E-state index contributed by atoms with van der Waals surface area (Å²) in [4.78, 5) is 19.9. The zero-order valence-corrected chi connectivity index (χ0v) is 10.4. The van der Waals surface area contributed by atoms with E-state index in [0.717, 1.165) is 12.2 Å². The Morgan fingerprint density at radius 1 is 1.56 bits per heavy atom. The third-order valence-electron chi connectivity index (χ3n) is 2.97. The quantitative estimate of drug-likeness (QED) is 0.751. The highest BCUT2D eigenvalue weighted by molar-refractivity contribution is 5.79. The maximum absolute atomic E-state index is 12.0. The van der Waals surface area contributed by atoms with E-state index in [0.29, 0.717) is 19.8 Å². The van der Waals surface area contributed by atoms with Crippen LogP contribution in [0.4, 0.5) is 0 Å². The van der Waals surface area contributed by atoms with Crippen LogP contribution in [0, 0.1) is 5.92 Å². The van der Waals surface area contributed by atoms with E-state index in [1.807, 2.05) is 6.92 Å². The second-order valence-electron chi connectivity index (χ2n) is 4.23. The van der Waals surface area contributed by atoms with E-state index < -0.39 is 0 Å². The molecule has 1 fully saturated rings. The normalized spacial score (nSPS) is 22.9. The molecule has 1 aromatic heterocycles. The molecule has 0 saturated carbocycles. The van der Waals surface area contributed by atoms with Gasteiger partial charge in [-0.1, -0.05) is 6.92 Å². The lowest BCUT2D eigenvalue weighted by Gasteiger charge is -2.17. The highest BCUT2D eigenvalue weighted by Crippen LogP contribution is 2.13. The Hall–Kier alpha value is -1.53. The van der Waals surface area contributed by atoms with Crippen LogP contribution in [0.1, 0.15) is 12.6 Å². The van der Waals surface area contributed by atoms with Crippen LogP contribution in [0.3, 0.4) is 0 Å². The van der Waals surface area contributed by atoms with Gasteiger partial charge in [0.15, 0.2) is 0 Å². The number of amides is 1. The van der Waals surface area contributed by atoms with E-state index in [1.165, 1.54) is 6.33 Å². The van der Waals surface area contributed by atoms with Gasteiger partial charge in [0.2, 0.25) is 5.91 Å². The van der Waals surface area contributed by atoms with Gasteiger partial charge >= 0.3 is 0 Å². The zero-order valence-electron chi connectivity index (χ0n) is 10.4. The molecule has 0 radical (unpaired) electrons. The molecule has 1 saturated heterocycles. The zero-order chi connectivity index (χ0) is 12.8. The number of carbonyl (C=O) groups is 1. The molecule has 0 aromatic carbocycles. The Morgan fingerprint density at radius 3 is 3.17 bits per heavy atom. The smallest absolute Gasteiger partial charge is 0.227 e. The van der Waals surface area contributed by atoms with Crippen molar-refractivity contribution in [2.75, 3.05) is 19.8 Å². The average molecular weight is 250 g/mol. The summed E-state index contributed by atoms with van der Waals surface area (Å²) in [7, 11) is 0. The second kappa shape index (κ2) is 6.42. The van der Waals surface area contributed by atoms with Gasteiger partial charge in [0.1, 0.15) is 6.33 Å². The number of aromatic nitrogens is 2. The standard InChI is InChI=1S/C12H18N4O2/c1-2-14-11-7-18-6-10(11)12(17)15-5-9-3-4-13-8-16-9/h3-4,8,10-11,14H,2,5-7H2,1H3,(H,15,17). The van der Waals surface area contributed by atoms with Gasteiger partial charge < -0.3 is 15.4 Å². The molecule has 1 amide bonds. The number of carbonyl (C=O) groups excluding carboxylic acids is 1. The van der Waals surface area contributed by atoms with Crippen LogP contribution in [0.15, 0.2) is 18.6 Å². The fraction of sp³-hybridized carbons (Fsp3) is 0.583. The first-order valence-electron chi connectivity index (χ1n) is 6.15. The molecule has 2 atom stereocenters. The van der Waals surface area contributed by atoms with Crippen LogP contribution in [-0.2, 0) is 16.1 Å². The van der Waals surface area contributed by atoms with Gasteiger partial charge in [-0.05, 0) is 12.6 Å². The molecule has 0 spiro atoms. The maximum Gasteiger partial charge on any atom is 0.227 e. The number of nitrogens with one attached hydrogen (secondary N) is 2. The summed E-state index contributed by atoms with van der Waals surface area (Å²) in [6, 6.07) is 1.90. The third-order valence-corrected chi connectivity index (χ3v) is 2.97. The van der Waals surface area contributed by atoms with E-state index in [9.17, 15) is 4.79 Å². The molecule has 1 aliphatic heterocycles. The first-order valence-corrected chi connectivity index (χ1v) is 6.15. The lowest BCUT2D eigenvalue weighted by atomic mass is 10.0. The number of hydrogen-bond acceptors (Lipinski definition) is 5. The monoisotopic (exact) mass is 250 g/mol. The molecular formula is C12H18N4O2. The number of ether oxygens (including phenoxy) is 1. The number of rotatable bonds is 5. The van der Waals surface area contributed by atoms with E-state index in [-0.39, 0.29) is 17.9 Å². The number of nitrogens with zero attached hydrogens (tertiary/aromatic N) is 2. The van der Waals surface area contributed by atoms with Crippen molar-refractivity contribution in [1.82, 2.24) is 20.6 Å². The molecule has 0 aliphatic carbocycles. The topological polar surface area (TPSA) is 76.1 Å². The van der Waals surface area contributed by atoms with Crippen LogP contribution in [0.2, 0.25) is 0 Å². The Kier molecular flexibility index (Phi) is 4.60. The Bertz CT molecular complexity index is 385. The minimum atomic E-state index is -0.119. The van der Waals surface area contributed by atoms with Crippen molar-refractivity contribution < 1.29 is 9.53 Å². The Labute approximate surface area is 106 Å². The van der Waals surface area contributed by atoms with E-state index in [1.54, 1.807) is 12.3 Å². The fourth-order valence-electron chi connectivity index (χ4n) is 2.01. The molecule has 2 N–H and O–H groups in total. The van der Waals surface area contributed by atoms with Gasteiger partial charge in [0.25, 0.3) is 0 Å². The molecule has 18 heavy (non-hydrogen) atoms. The third kappa shape index (κ3) is 3.24. The highest BCUT2D eigenvalue weighted by Gasteiger charge is 2.33. The highest BCUT2D eigenvalue weighted by atomic mass is 16.5. The van der Waals surface area contributed by atoms with E-state index >= 15 is 0 Å². The lowest BCUT2D eigenvalue weighted by Crippen LogP contribution is -2.43. The van der Waals surface area contributed by atoms with Gasteiger partial charge in [0.05, 0.1) is 31.4 Å². The minimum Gasteiger partial charge on any atom is -0.379 e. The van der Waals surface area contributed by atoms with Gasteiger partial charge in [-0.2, -0.15) is 0 Å². The summed E-state index contributed by atoms with van der Waals surface area (Å²) in [5, 5.41) is 6.14. The van der Waals surface area contributed by atoms with Crippen molar-refractivity contribution >= 4 is 5.91 Å². The first kappa shape index (κ1) is 12.9. The van der Waals surface area contributed by atoms with Crippen LogP contribution in [0.5, 0.6) is 0 Å². The SMILES string of the molecule is CCNC1COCC1C(=O)NCc1ccncn1. The molecule has 2 heterocycles. The van der Waals surface area contributed by atoms with Crippen molar-refractivity contribution in [3.05, 3.63) is 24.3 Å². The summed E-state index contributed by atoms with van der Waals surface area (Å²) in [6.07, 6.45) is 3.14. The summed E-state index contributed by atoms with van der Waals surface area (Å²) in [5.41, 5.74) is 0.803. The number of hydrogen-bond donors (Lipinski definition) is 2. The Balaban J connectivity index is 1.84. The molecular weight excluding hydrogens is 232 g/mol. The lowest BCUT2D eigenvalue weighted by molar-refractivity contribution is -0.125. The minimum absolute atomic E-state index is 0.0112. The summed E-state index contributed by atoms with van der Waals surface area (Å²) >= 11 is 0. The van der Waals surface area contributed by atoms with Crippen molar-refractivity contribution in [2.24, 2.45) is 5.92 Å². The maximum atomic E-state index is 12.0. The summed E-state index contributed by atoms with van der Waals surface area (Å²) < 4.78 is 5.35. The van der Waals surface area contributed by atoms with Crippen LogP contribution < -0.4 is 10.6 Å². The van der Waals surface area contributed by atoms with Crippen molar-refractivity contribution in [2.45, 2.75) is 19.5 Å². The van der Waals surface area contributed by atoms with E-state index in [2.05, 4.69) is 20.6 Å². The van der Waals surface area contributed by atoms with Crippen molar-refractivity contribution in [1.29, 1.82) is 0 Å². The van der Waals surface area contributed by atoms with Crippen LogP contribution in [0.25, 0.3) is 0 Å². The van der Waals surface area contributed by atoms with Crippen LogP contribution >= 0.6 is 0 Å².